The lowest BCUT2D eigenvalue weighted by atomic mass is 10.2. The fourth-order valence-electron chi connectivity index (χ4n) is 0.908. The van der Waals surface area contributed by atoms with Gasteiger partial charge in [-0.05, 0) is 18.2 Å². The van der Waals surface area contributed by atoms with Crippen molar-refractivity contribution in [1.29, 1.82) is 0 Å². The van der Waals surface area contributed by atoms with Crippen LogP contribution in [0, 0.1) is 5.82 Å². The Morgan fingerprint density at radius 3 is 2.75 bits per heavy atom. The maximum atomic E-state index is 12.7. The van der Waals surface area contributed by atoms with E-state index in [-0.39, 0.29) is 5.56 Å². The molecule has 1 aromatic rings. The zero-order valence-corrected chi connectivity index (χ0v) is 7.94. The molecular weight excluding hydrogens is 221 g/mol. The molecule has 0 saturated heterocycles. The van der Waals surface area contributed by atoms with Gasteiger partial charge in [0.25, 0.3) is 5.91 Å². The molecule has 1 rings (SSSR count). The van der Waals surface area contributed by atoms with E-state index in [2.05, 4.69) is 4.84 Å². The molecule has 0 unspecified atom stereocenters. The first kappa shape index (κ1) is 11.9. The number of hydroxylamine groups is 1. The summed E-state index contributed by atoms with van der Waals surface area (Å²) in [6.45, 7) is -0.734. The quantitative estimate of drug-likeness (QED) is 0.644. The molecule has 1 aromatic carbocycles. The summed E-state index contributed by atoms with van der Waals surface area (Å²) in [7, 11) is 0. The van der Waals surface area contributed by atoms with Crippen LogP contribution in [-0.2, 0) is 9.63 Å². The highest BCUT2D eigenvalue weighted by Crippen LogP contribution is 2.17. The van der Waals surface area contributed by atoms with Gasteiger partial charge in [0.1, 0.15) is 11.6 Å². The van der Waals surface area contributed by atoms with Gasteiger partial charge >= 0.3 is 5.97 Å². The number of rotatable bonds is 4. The highest BCUT2D eigenvalue weighted by molar-refractivity contribution is 5.96. The van der Waals surface area contributed by atoms with Crippen molar-refractivity contribution in [1.82, 2.24) is 5.48 Å². The van der Waals surface area contributed by atoms with Crippen molar-refractivity contribution < 1.29 is 29.0 Å². The van der Waals surface area contributed by atoms with Crippen molar-refractivity contribution in [3.05, 3.63) is 29.6 Å². The lowest BCUT2D eigenvalue weighted by molar-refractivity contribution is -0.144. The minimum atomic E-state index is -1.27. The highest BCUT2D eigenvalue weighted by atomic mass is 19.1. The fraction of sp³-hybridized carbons (Fsp3) is 0.111. The molecule has 0 aliphatic carbocycles. The Balaban J connectivity index is 2.65. The summed E-state index contributed by atoms with van der Waals surface area (Å²) in [5.41, 5.74) is 1.41. The van der Waals surface area contributed by atoms with Gasteiger partial charge in [0.05, 0.1) is 5.56 Å². The van der Waals surface area contributed by atoms with Crippen molar-refractivity contribution in [3.63, 3.8) is 0 Å². The predicted molar refractivity (Wildman–Crippen MR) is 49.1 cm³/mol. The largest absolute Gasteiger partial charge is 0.507 e. The SMILES string of the molecule is O=C(O)CONC(=O)c1cc(F)ccc1O. The van der Waals surface area contributed by atoms with E-state index in [1.165, 1.54) is 0 Å². The van der Waals surface area contributed by atoms with E-state index in [0.29, 0.717) is 0 Å². The molecule has 0 aromatic heterocycles. The van der Waals surface area contributed by atoms with Crippen molar-refractivity contribution >= 4 is 11.9 Å². The molecule has 1 amide bonds. The van der Waals surface area contributed by atoms with Gasteiger partial charge < -0.3 is 10.2 Å². The minimum absolute atomic E-state index is 0.342. The Labute approximate surface area is 89.2 Å². The van der Waals surface area contributed by atoms with Crippen molar-refractivity contribution in [3.8, 4) is 5.75 Å². The van der Waals surface area contributed by atoms with Gasteiger partial charge in [0, 0.05) is 0 Å². The molecule has 3 N–H and O–H groups in total. The van der Waals surface area contributed by atoms with Crippen LogP contribution in [0.5, 0.6) is 5.75 Å². The van der Waals surface area contributed by atoms with Gasteiger partial charge in [-0.2, -0.15) is 0 Å². The third-order valence-corrected chi connectivity index (χ3v) is 1.56. The number of benzene rings is 1. The maximum Gasteiger partial charge on any atom is 0.332 e. The van der Waals surface area contributed by atoms with Gasteiger partial charge in [-0.15, -0.1) is 0 Å². The summed E-state index contributed by atoms with van der Waals surface area (Å²) < 4.78 is 12.7. The van der Waals surface area contributed by atoms with Crippen LogP contribution in [0.2, 0.25) is 0 Å². The highest BCUT2D eigenvalue weighted by Gasteiger charge is 2.12. The van der Waals surface area contributed by atoms with Crippen LogP contribution < -0.4 is 5.48 Å². The van der Waals surface area contributed by atoms with Gasteiger partial charge in [0.15, 0.2) is 6.61 Å². The number of carboxylic acids is 1. The van der Waals surface area contributed by atoms with E-state index < -0.39 is 30.1 Å². The van der Waals surface area contributed by atoms with Crippen molar-refractivity contribution in [2.24, 2.45) is 0 Å². The number of aromatic hydroxyl groups is 1. The van der Waals surface area contributed by atoms with Crippen molar-refractivity contribution in [2.75, 3.05) is 6.61 Å². The number of carboxylic acid groups (broad SMARTS) is 1. The van der Waals surface area contributed by atoms with E-state index in [9.17, 15) is 19.1 Å². The lowest BCUT2D eigenvalue weighted by Gasteiger charge is -2.05. The second-order valence-electron chi connectivity index (χ2n) is 2.78. The number of hydrogen-bond donors (Lipinski definition) is 3. The average molecular weight is 229 g/mol. The molecule has 0 bridgehead atoms. The molecular formula is C9H8FNO5. The number of phenolic OH excluding ortho intramolecular Hbond substituents is 1. The molecule has 16 heavy (non-hydrogen) atoms. The Morgan fingerprint density at radius 2 is 2.12 bits per heavy atom. The number of amides is 1. The first-order chi connectivity index (χ1) is 7.50. The van der Waals surface area contributed by atoms with Crippen LogP contribution in [0.15, 0.2) is 18.2 Å². The number of carbonyl (C=O) groups is 2. The predicted octanol–water partition coefficient (Wildman–Crippen LogP) is 0.277. The number of nitrogens with one attached hydrogen (secondary N) is 1. The molecule has 0 aliphatic heterocycles. The minimum Gasteiger partial charge on any atom is -0.507 e. The van der Waals surface area contributed by atoms with E-state index >= 15 is 0 Å². The number of hydrogen-bond acceptors (Lipinski definition) is 4. The number of phenols is 1. The standard InChI is InChI=1S/C9H8FNO5/c10-5-1-2-7(12)6(3-5)9(15)11-16-4-8(13)14/h1-3,12H,4H2,(H,11,15)(H,13,14). The zero-order valence-electron chi connectivity index (χ0n) is 7.94. The Kier molecular flexibility index (Phi) is 3.78. The Bertz CT molecular complexity index is 420. The molecule has 6 nitrogen and oxygen atoms in total. The fourth-order valence-corrected chi connectivity index (χ4v) is 0.908. The molecule has 7 heteroatoms. The average Bonchev–Trinajstić information content (AvgIpc) is 2.21. The first-order valence-electron chi connectivity index (χ1n) is 4.13. The van der Waals surface area contributed by atoms with E-state index in [4.69, 9.17) is 5.11 Å². The Morgan fingerprint density at radius 1 is 1.44 bits per heavy atom. The zero-order chi connectivity index (χ0) is 12.1. The molecule has 86 valence electrons. The number of carbonyl (C=O) groups excluding carboxylic acids is 1. The second-order valence-corrected chi connectivity index (χ2v) is 2.78. The summed E-state index contributed by atoms with van der Waals surface area (Å²) >= 11 is 0. The summed E-state index contributed by atoms with van der Waals surface area (Å²) in [6.07, 6.45) is 0. The second kappa shape index (κ2) is 5.08. The summed E-state index contributed by atoms with van der Waals surface area (Å²) in [4.78, 5) is 25.6. The van der Waals surface area contributed by atoms with Crippen LogP contribution in [0.4, 0.5) is 4.39 Å². The molecule has 0 atom stereocenters. The molecule has 0 radical (unpaired) electrons. The lowest BCUT2D eigenvalue weighted by Crippen LogP contribution is -2.26. The topological polar surface area (TPSA) is 95.9 Å². The van der Waals surface area contributed by atoms with E-state index in [0.717, 1.165) is 18.2 Å². The first-order valence-corrected chi connectivity index (χ1v) is 4.13. The summed E-state index contributed by atoms with van der Waals surface area (Å²) in [5, 5.41) is 17.4. The Hall–Kier alpha value is -2.15. The van der Waals surface area contributed by atoms with Crippen LogP contribution in [0.1, 0.15) is 10.4 Å². The van der Waals surface area contributed by atoms with Crippen LogP contribution >= 0.6 is 0 Å². The molecule has 0 saturated carbocycles. The maximum absolute atomic E-state index is 12.7. The van der Waals surface area contributed by atoms with Crippen LogP contribution in [0.3, 0.4) is 0 Å². The smallest absolute Gasteiger partial charge is 0.332 e. The van der Waals surface area contributed by atoms with Gasteiger partial charge in [0.2, 0.25) is 0 Å². The summed E-state index contributed by atoms with van der Waals surface area (Å²) in [5.74, 6) is -3.35. The van der Waals surface area contributed by atoms with Crippen molar-refractivity contribution in [2.45, 2.75) is 0 Å². The van der Waals surface area contributed by atoms with E-state index in [1.54, 1.807) is 5.48 Å². The molecule has 0 aliphatic rings. The summed E-state index contributed by atoms with van der Waals surface area (Å²) in [6, 6.07) is 2.78. The normalized spacial score (nSPS) is 9.81. The molecule has 0 heterocycles. The molecule has 0 spiro atoms. The van der Waals surface area contributed by atoms with E-state index in [1.807, 2.05) is 0 Å². The third-order valence-electron chi connectivity index (χ3n) is 1.56. The third kappa shape index (κ3) is 3.21. The monoisotopic (exact) mass is 229 g/mol. The van der Waals surface area contributed by atoms with Gasteiger partial charge in [-0.1, -0.05) is 0 Å². The van der Waals surface area contributed by atoms with Gasteiger partial charge in [-0.3, -0.25) is 9.63 Å². The van der Waals surface area contributed by atoms with Crippen LogP contribution in [0.25, 0.3) is 0 Å². The number of halogens is 1. The van der Waals surface area contributed by atoms with Gasteiger partial charge in [-0.25, -0.2) is 14.7 Å². The van der Waals surface area contributed by atoms with Crippen LogP contribution in [-0.4, -0.2) is 28.7 Å². The molecule has 0 fully saturated rings. The number of aliphatic carboxylic acids is 1.